The third-order valence-electron chi connectivity index (χ3n) is 5.59. The van der Waals surface area contributed by atoms with Gasteiger partial charge in [-0.2, -0.15) is 5.26 Å². The van der Waals surface area contributed by atoms with Gasteiger partial charge in [-0.3, -0.25) is 9.55 Å². The highest BCUT2D eigenvalue weighted by Crippen LogP contribution is 2.25. The van der Waals surface area contributed by atoms with Crippen molar-refractivity contribution in [3.05, 3.63) is 74.7 Å². The fourth-order valence-electron chi connectivity index (χ4n) is 3.85. The number of rotatable bonds is 5. The molecule has 0 unspecified atom stereocenters. The Hall–Kier alpha value is -3.93. The van der Waals surface area contributed by atoms with Gasteiger partial charge in [0.15, 0.2) is 0 Å². The first kappa shape index (κ1) is 21.3. The fourth-order valence-corrected chi connectivity index (χ4v) is 3.85. The van der Waals surface area contributed by atoms with E-state index in [2.05, 4.69) is 15.0 Å². The number of ether oxygens (including phenoxy) is 1. The van der Waals surface area contributed by atoms with Crippen LogP contribution in [0.3, 0.4) is 0 Å². The second-order valence-corrected chi connectivity index (χ2v) is 7.89. The molecule has 0 bridgehead atoms. The second kappa shape index (κ2) is 9.47. The molecule has 1 saturated carbocycles. The SMILES string of the molecule is Cn1c(=O)[nH]/c(=N\c2ccc(Oc3cccc(C#N)n3)cc2)n(CC2CCCCC2)c1=O. The van der Waals surface area contributed by atoms with Crippen LogP contribution in [-0.2, 0) is 13.6 Å². The monoisotopic (exact) mass is 432 g/mol. The van der Waals surface area contributed by atoms with Crippen molar-refractivity contribution in [3.8, 4) is 17.7 Å². The van der Waals surface area contributed by atoms with Crippen molar-refractivity contribution >= 4 is 5.69 Å². The van der Waals surface area contributed by atoms with Gasteiger partial charge in [0.1, 0.15) is 17.5 Å². The third-order valence-corrected chi connectivity index (χ3v) is 5.59. The van der Waals surface area contributed by atoms with Crippen LogP contribution < -0.4 is 21.7 Å². The molecule has 3 aromatic rings. The molecule has 4 rings (SSSR count). The molecule has 1 aliphatic carbocycles. The molecular weight excluding hydrogens is 408 g/mol. The van der Waals surface area contributed by atoms with Gasteiger partial charge in [0, 0.05) is 19.7 Å². The lowest BCUT2D eigenvalue weighted by molar-refractivity contribution is 0.304. The van der Waals surface area contributed by atoms with Crippen LogP contribution in [-0.4, -0.2) is 19.1 Å². The summed E-state index contributed by atoms with van der Waals surface area (Å²) in [5.41, 5.74) is 0.197. The molecule has 1 N–H and O–H groups in total. The minimum atomic E-state index is -0.503. The topological polar surface area (TPSA) is 118 Å². The van der Waals surface area contributed by atoms with Gasteiger partial charge in [-0.05, 0) is 49.1 Å². The summed E-state index contributed by atoms with van der Waals surface area (Å²) < 4.78 is 8.31. The first-order valence-corrected chi connectivity index (χ1v) is 10.6. The van der Waals surface area contributed by atoms with Crippen LogP contribution in [0.4, 0.5) is 5.69 Å². The number of pyridine rings is 1. The Kier molecular flexibility index (Phi) is 6.31. The van der Waals surface area contributed by atoms with E-state index in [1.54, 1.807) is 47.0 Å². The highest BCUT2D eigenvalue weighted by Gasteiger charge is 2.16. The molecule has 1 aromatic carbocycles. The van der Waals surface area contributed by atoms with Crippen molar-refractivity contribution < 1.29 is 4.74 Å². The van der Waals surface area contributed by atoms with Gasteiger partial charge in [-0.15, -0.1) is 0 Å². The summed E-state index contributed by atoms with van der Waals surface area (Å²) in [6.45, 7) is 0.532. The van der Waals surface area contributed by atoms with Crippen LogP contribution in [0.25, 0.3) is 0 Å². The standard InChI is InChI=1S/C23H24N6O3/c1-28-22(30)27-21(29(23(28)31)15-16-6-3-2-4-7-16)26-17-10-12-19(13-11-17)32-20-9-5-8-18(14-24)25-20/h5,8-13,16H,2-4,6-7,15H2,1H3,(H,26,27,30). The number of hydrogen-bond donors (Lipinski definition) is 1. The molecule has 32 heavy (non-hydrogen) atoms. The Morgan fingerprint density at radius 1 is 1.16 bits per heavy atom. The fraction of sp³-hybridized carbons (Fsp3) is 0.348. The minimum Gasteiger partial charge on any atom is -0.439 e. The normalized spacial score (nSPS) is 14.8. The lowest BCUT2D eigenvalue weighted by Gasteiger charge is -2.22. The van der Waals surface area contributed by atoms with E-state index in [0.29, 0.717) is 29.8 Å². The van der Waals surface area contributed by atoms with E-state index in [1.165, 1.54) is 13.5 Å². The molecule has 0 spiro atoms. The van der Waals surface area contributed by atoms with Gasteiger partial charge in [0.05, 0.1) is 5.69 Å². The molecule has 0 atom stereocenters. The maximum atomic E-state index is 12.8. The summed E-state index contributed by atoms with van der Waals surface area (Å²) in [6.07, 6.45) is 5.69. The summed E-state index contributed by atoms with van der Waals surface area (Å²) in [5, 5.41) is 8.96. The zero-order chi connectivity index (χ0) is 22.5. The molecule has 0 aliphatic heterocycles. The molecular formula is C23H24N6O3. The summed E-state index contributed by atoms with van der Waals surface area (Å²) in [5.74, 6) is 1.24. The van der Waals surface area contributed by atoms with Crippen LogP contribution in [0.1, 0.15) is 37.8 Å². The highest BCUT2D eigenvalue weighted by molar-refractivity contribution is 5.42. The Labute approximate surface area is 184 Å². The summed E-state index contributed by atoms with van der Waals surface area (Å²) >= 11 is 0. The maximum absolute atomic E-state index is 12.8. The van der Waals surface area contributed by atoms with Gasteiger partial charge < -0.3 is 4.74 Å². The third kappa shape index (κ3) is 4.86. The molecule has 0 radical (unpaired) electrons. The van der Waals surface area contributed by atoms with E-state index in [1.807, 2.05) is 6.07 Å². The minimum absolute atomic E-state index is 0.237. The smallest absolute Gasteiger partial charge is 0.334 e. The van der Waals surface area contributed by atoms with Crippen LogP contribution in [0.15, 0.2) is 57.0 Å². The van der Waals surface area contributed by atoms with Gasteiger partial charge >= 0.3 is 11.4 Å². The van der Waals surface area contributed by atoms with Gasteiger partial charge in [0.25, 0.3) is 0 Å². The average Bonchev–Trinajstić information content (AvgIpc) is 2.82. The molecule has 1 fully saturated rings. The summed E-state index contributed by atoms with van der Waals surface area (Å²) in [7, 11) is 1.46. The van der Waals surface area contributed by atoms with Crippen LogP contribution in [0.2, 0.25) is 0 Å². The largest absolute Gasteiger partial charge is 0.439 e. The molecule has 2 aromatic heterocycles. The molecule has 0 amide bonds. The predicted molar refractivity (Wildman–Crippen MR) is 118 cm³/mol. The number of aromatic nitrogens is 4. The Morgan fingerprint density at radius 3 is 2.62 bits per heavy atom. The number of H-pyrrole nitrogens is 1. The van der Waals surface area contributed by atoms with E-state index in [4.69, 9.17) is 10.00 Å². The highest BCUT2D eigenvalue weighted by atomic mass is 16.5. The van der Waals surface area contributed by atoms with Gasteiger partial charge in [-0.25, -0.2) is 24.1 Å². The zero-order valence-corrected chi connectivity index (χ0v) is 17.8. The molecule has 9 heteroatoms. The zero-order valence-electron chi connectivity index (χ0n) is 17.8. The summed E-state index contributed by atoms with van der Waals surface area (Å²) in [4.78, 5) is 36.3. The Morgan fingerprint density at radius 2 is 1.91 bits per heavy atom. The molecule has 2 heterocycles. The van der Waals surface area contributed by atoms with Gasteiger partial charge in [0.2, 0.25) is 11.5 Å². The average molecular weight is 432 g/mol. The Bertz CT molecular complexity index is 1320. The number of aromatic amines is 1. The van der Waals surface area contributed by atoms with Crippen molar-refractivity contribution in [1.29, 1.82) is 5.26 Å². The number of benzene rings is 1. The van der Waals surface area contributed by atoms with Crippen LogP contribution in [0.5, 0.6) is 11.6 Å². The molecule has 0 saturated heterocycles. The predicted octanol–water partition coefficient (Wildman–Crippen LogP) is 2.75. The van der Waals surface area contributed by atoms with Crippen molar-refractivity contribution in [1.82, 2.24) is 19.1 Å². The van der Waals surface area contributed by atoms with Crippen LogP contribution in [0, 0.1) is 17.2 Å². The lowest BCUT2D eigenvalue weighted by atomic mass is 9.89. The molecule has 164 valence electrons. The number of nitrogens with one attached hydrogen (secondary N) is 1. The van der Waals surface area contributed by atoms with Crippen molar-refractivity contribution in [2.45, 2.75) is 38.6 Å². The van der Waals surface area contributed by atoms with E-state index in [-0.39, 0.29) is 17.0 Å². The second-order valence-electron chi connectivity index (χ2n) is 7.89. The van der Waals surface area contributed by atoms with Crippen molar-refractivity contribution in [2.75, 3.05) is 0 Å². The number of nitriles is 1. The number of nitrogens with zero attached hydrogens (tertiary/aromatic N) is 5. The van der Waals surface area contributed by atoms with E-state index < -0.39 is 5.69 Å². The summed E-state index contributed by atoms with van der Waals surface area (Å²) in [6, 6.07) is 13.8. The van der Waals surface area contributed by atoms with Gasteiger partial charge in [-0.1, -0.05) is 25.3 Å². The maximum Gasteiger partial charge on any atom is 0.334 e. The Balaban J connectivity index is 1.63. The quantitative estimate of drug-likeness (QED) is 0.665. The van der Waals surface area contributed by atoms with Crippen molar-refractivity contribution in [3.63, 3.8) is 0 Å². The van der Waals surface area contributed by atoms with E-state index in [0.717, 1.165) is 30.3 Å². The lowest BCUT2D eigenvalue weighted by Crippen LogP contribution is -2.49. The van der Waals surface area contributed by atoms with E-state index >= 15 is 0 Å². The molecule has 9 nitrogen and oxygen atoms in total. The van der Waals surface area contributed by atoms with Crippen LogP contribution >= 0.6 is 0 Å². The molecule has 1 aliphatic rings. The first-order valence-electron chi connectivity index (χ1n) is 10.6. The van der Waals surface area contributed by atoms with Crippen molar-refractivity contribution in [2.24, 2.45) is 18.0 Å². The number of hydrogen-bond acceptors (Lipinski definition) is 6. The van der Waals surface area contributed by atoms with E-state index in [9.17, 15) is 9.59 Å². The first-order chi connectivity index (χ1) is 15.5.